The second kappa shape index (κ2) is 11.4. The van der Waals surface area contributed by atoms with Crippen LogP contribution in [0.4, 0.5) is 0 Å². The number of carboxylic acids is 1. The molecule has 1 fully saturated rings. The normalized spacial score (nSPS) is 17.6. The van der Waals surface area contributed by atoms with Crippen molar-refractivity contribution in [1.29, 1.82) is 0 Å². The zero-order chi connectivity index (χ0) is 24.8. The molecule has 7 heteroatoms. The molecule has 0 heterocycles. The molecule has 0 radical (unpaired) electrons. The lowest BCUT2D eigenvalue weighted by molar-refractivity contribution is -0.143. The lowest BCUT2D eigenvalue weighted by Crippen LogP contribution is -2.27. The van der Waals surface area contributed by atoms with Gasteiger partial charge in [-0.05, 0) is 91.4 Å². The summed E-state index contributed by atoms with van der Waals surface area (Å²) in [5.41, 5.74) is 1.17. The van der Waals surface area contributed by atoms with Crippen molar-refractivity contribution in [2.75, 3.05) is 6.54 Å². The number of Topliss-reactive ketones (excluding diaryl/α,β-unsaturated/α-hetero) is 1. The number of carbonyl (C=O) groups is 3. The number of rotatable bonds is 9. The number of hydrogen-bond acceptors (Lipinski definition) is 4. The van der Waals surface area contributed by atoms with Gasteiger partial charge in [-0.3, -0.25) is 14.4 Å². The predicted molar refractivity (Wildman–Crippen MR) is 135 cm³/mol. The number of nitrogens with one attached hydrogen (secondary N) is 1. The van der Waals surface area contributed by atoms with Gasteiger partial charge in [0.2, 0.25) is 0 Å². The molecule has 0 spiro atoms. The number of aliphatic carboxylic acids is 1. The van der Waals surface area contributed by atoms with E-state index in [1.807, 2.05) is 24.3 Å². The summed E-state index contributed by atoms with van der Waals surface area (Å²) in [7, 11) is 0. The van der Waals surface area contributed by atoms with Gasteiger partial charge in [0.1, 0.15) is 5.75 Å². The molecule has 0 aromatic heterocycles. The Labute approximate surface area is 209 Å². The van der Waals surface area contributed by atoms with Crippen molar-refractivity contribution in [2.24, 2.45) is 5.92 Å². The van der Waals surface area contributed by atoms with Gasteiger partial charge in [-0.2, -0.15) is 0 Å². The Kier molecular flexibility index (Phi) is 8.03. The van der Waals surface area contributed by atoms with Gasteiger partial charge >= 0.3 is 5.97 Å². The molecule has 3 aromatic rings. The summed E-state index contributed by atoms with van der Waals surface area (Å²) in [4.78, 5) is 36.0. The summed E-state index contributed by atoms with van der Waals surface area (Å²) in [5.74, 6) is -0.481. The average Bonchev–Trinajstić information content (AvgIpc) is 2.86. The van der Waals surface area contributed by atoms with Crippen LogP contribution in [0, 0.1) is 5.92 Å². The maximum Gasteiger partial charge on any atom is 0.306 e. The second-order valence-corrected chi connectivity index (χ2v) is 9.38. The molecule has 2 N–H and O–H groups in total. The Balaban J connectivity index is 1.20. The van der Waals surface area contributed by atoms with E-state index in [4.69, 9.17) is 21.4 Å². The predicted octanol–water partition coefficient (Wildman–Crippen LogP) is 5.91. The first kappa shape index (κ1) is 24.7. The van der Waals surface area contributed by atoms with Crippen molar-refractivity contribution in [3.8, 4) is 5.75 Å². The van der Waals surface area contributed by atoms with E-state index < -0.39 is 5.97 Å². The molecule has 0 atom stereocenters. The molecule has 0 bridgehead atoms. The van der Waals surface area contributed by atoms with Crippen LogP contribution in [0.1, 0.15) is 59.2 Å². The zero-order valence-corrected chi connectivity index (χ0v) is 20.1. The molecule has 1 aliphatic rings. The summed E-state index contributed by atoms with van der Waals surface area (Å²) in [5, 5.41) is 14.5. The first-order valence-corrected chi connectivity index (χ1v) is 12.3. The molecular weight excluding hydrogens is 466 g/mol. The standard InChI is InChI=1S/C28H28ClNO5/c29-23-10-5-20-16-22(4-3-21(20)17-23)27(32)30-15-1-2-26(31)18-6-11-24(12-7-18)35-25-13-8-19(9-14-25)28(33)34/h3-7,10-12,16-17,19,25H,1-2,8-9,13-15H2,(H,30,32)(H,33,34). The largest absolute Gasteiger partial charge is 0.490 e. The molecule has 3 aromatic carbocycles. The highest BCUT2D eigenvalue weighted by atomic mass is 35.5. The van der Waals surface area contributed by atoms with Crippen molar-refractivity contribution in [1.82, 2.24) is 5.32 Å². The van der Waals surface area contributed by atoms with Gasteiger partial charge in [-0.1, -0.05) is 23.7 Å². The summed E-state index contributed by atoms with van der Waals surface area (Å²) in [6.45, 7) is 0.406. The number of fused-ring (bicyclic) bond motifs is 1. The molecule has 0 unspecified atom stereocenters. The minimum Gasteiger partial charge on any atom is -0.490 e. The number of amides is 1. The van der Waals surface area contributed by atoms with Gasteiger partial charge in [-0.25, -0.2) is 0 Å². The van der Waals surface area contributed by atoms with E-state index in [1.54, 1.807) is 36.4 Å². The van der Waals surface area contributed by atoms with Crippen LogP contribution in [0.15, 0.2) is 60.7 Å². The molecule has 1 aliphatic carbocycles. The van der Waals surface area contributed by atoms with Gasteiger partial charge in [0, 0.05) is 29.1 Å². The Morgan fingerprint density at radius 2 is 1.54 bits per heavy atom. The van der Waals surface area contributed by atoms with Crippen molar-refractivity contribution in [3.05, 3.63) is 76.8 Å². The van der Waals surface area contributed by atoms with Gasteiger partial charge in [-0.15, -0.1) is 0 Å². The third kappa shape index (κ3) is 6.61. The number of ether oxygens (including phenoxy) is 1. The molecular formula is C28H28ClNO5. The van der Waals surface area contributed by atoms with Crippen LogP contribution < -0.4 is 10.1 Å². The highest BCUT2D eigenvalue weighted by molar-refractivity contribution is 6.31. The fourth-order valence-corrected chi connectivity index (χ4v) is 4.58. The minimum atomic E-state index is -0.731. The van der Waals surface area contributed by atoms with Crippen LogP contribution >= 0.6 is 11.6 Å². The maximum atomic E-state index is 12.5. The maximum absolute atomic E-state index is 12.5. The van der Waals surface area contributed by atoms with Crippen molar-refractivity contribution < 1.29 is 24.2 Å². The number of carboxylic acid groups (broad SMARTS) is 1. The van der Waals surface area contributed by atoms with E-state index >= 15 is 0 Å². The SMILES string of the molecule is O=C(CCCNC(=O)c1ccc2cc(Cl)ccc2c1)c1ccc(OC2CCC(C(=O)O)CC2)cc1. The first-order valence-electron chi connectivity index (χ1n) is 11.9. The van der Waals surface area contributed by atoms with Gasteiger partial charge in [0.25, 0.3) is 5.91 Å². The van der Waals surface area contributed by atoms with Crippen LogP contribution in [0.5, 0.6) is 5.75 Å². The smallest absolute Gasteiger partial charge is 0.306 e. The van der Waals surface area contributed by atoms with Crippen molar-refractivity contribution in [3.63, 3.8) is 0 Å². The van der Waals surface area contributed by atoms with E-state index in [-0.39, 0.29) is 23.7 Å². The molecule has 35 heavy (non-hydrogen) atoms. The highest BCUT2D eigenvalue weighted by Crippen LogP contribution is 2.28. The second-order valence-electron chi connectivity index (χ2n) is 8.94. The average molecular weight is 494 g/mol. The Hall–Kier alpha value is -3.38. The summed E-state index contributed by atoms with van der Waals surface area (Å²) in [6.07, 6.45) is 3.57. The number of benzene rings is 3. The molecule has 1 saturated carbocycles. The monoisotopic (exact) mass is 493 g/mol. The Bertz CT molecular complexity index is 1220. The van der Waals surface area contributed by atoms with Crippen LogP contribution in [0.25, 0.3) is 10.8 Å². The molecule has 0 aliphatic heterocycles. The lowest BCUT2D eigenvalue weighted by Gasteiger charge is -2.26. The van der Waals surface area contributed by atoms with Crippen molar-refractivity contribution >= 4 is 40.0 Å². The van der Waals surface area contributed by atoms with E-state index in [0.29, 0.717) is 54.1 Å². The zero-order valence-electron chi connectivity index (χ0n) is 19.3. The molecule has 4 rings (SSSR count). The topological polar surface area (TPSA) is 92.7 Å². The number of halogens is 1. The molecule has 182 valence electrons. The first-order chi connectivity index (χ1) is 16.9. The Morgan fingerprint density at radius 1 is 0.886 bits per heavy atom. The fourth-order valence-electron chi connectivity index (χ4n) is 4.39. The van der Waals surface area contributed by atoms with Crippen LogP contribution in [-0.4, -0.2) is 35.4 Å². The molecule has 0 saturated heterocycles. The summed E-state index contributed by atoms with van der Waals surface area (Å²) in [6, 6.07) is 18.1. The lowest BCUT2D eigenvalue weighted by atomic mass is 9.87. The summed E-state index contributed by atoms with van der Waals surface area (Å²) < 4.78 is 5.96. The van der Waals surface area contributed by atoms with E-state index in [0.717, 1.165) is 23.6 Å². The third-order valence-electron chi connectivity index (χ3n) is 6.43. The minimum absolute atomic E-state index is 0.00958. The highest BCUT2D eigenvalue weighted by Gasteiger charge is 2.26. The Morgan fingerprint density at radius 3 is 2.26 bits per heavy atom. The van der Waals surface area contributed by atoms with Crippen LogP contribution in [-0.2, 0) is 4.79 Å². The van der Waals surface area contributed by atoms with E-state index in [1.165, 1.54) is 0 Å². The van der Waals surface area contributed by atoms with Crippen molar-refractivity contribution in [2.45, 2.75) is 44.6 Å². The van der Waals surface area contributed by atoms with Gasteiger partial charge in [0.05, 0.1) is 12.0 Å². The third-order valence-corrected chi connectivity index (χ3v) is 6.67. The van der Waals surface area contributed by atoms with Crippen LogP contribution in [0.3, 0.4) is 0 Å². The van der Waals surface area contributed by atoms with E-state index in [2.05, 4.69) is 5.32 Å². The van der Waals surface area contributed by atoms with Gasteiger partial charge < -0.3 is 15.2 Å². The summed E-state index contributed by atoms with van der Waals surface area (Å²) >= 11 is 6.01. The van der Waals surface area contributed by atoms with Crippen LogP contribution in [0.2, 0.25) is 5.02 Å². The number of hydrogen-bond donors (Lipinski definition) is 2. The molecule has 6 nitrogen and oxygen atoms in total. The fraction of sp³-hybridized carbons (Fsp3) is 0.321. The van der Waals surface area contributed by atoms with E-state index in [9.17, 15) is 14.4 Å². The van der Waals surface area contributed by atoms with Gasteiger partial charge in [0.15, 0.2) is 5.78 Å². The molecule has 1 amide bonds. The number of ketones is 1. The number of carbonyl (C=O) groups excluding carboxylic acids is 2. The quantitative estimate of drug-likeness (QED) is 0.285.